The van der Waals surface area contributed by atoms with E-state index in [2.05, 4.69) is 30.9 Å². The Balaban J connectivity index is 1.10. The van der Waals surface area contributed by atoms with E-state index in [1.54, 1.807) is 12.4 Å². The highest BCUT2D eigenvalue weighted by molar-refractivity contribution is 5.94. The highest BCUT2D eigenvalue weighted by Crippen LogP contribution is 2.44. The van der Waals surface area contributed by atoms with Gasteiger partial charge in [0.2, 0.25) is 11.8 Å². The molecule has 0 unspecified atom stereocenters. The largest absolute Gasteiger partial charge is 0.480 e. The molecule has 0 bridgehead atoms. The summed E-state index contributed by atoms with van der Waals surface area (Å²) in [5, 5.41) is 20.0. The summed E-state index contributed by atoms with van der Waals surface area (Å²) in [6.07, 6.45) is 3.07. The van der Waals surface area contributed by atoms with Crippen molar-refractivity contribution in [2.24, 2.45) is 16.5 Å². The second-order valence-corrected chi connectivity index (χ2v) is 14.1. The summed E-state index contributed by atoms with van der Waals surface area (Å²) in [7, 11) is 0. The second kappa shape index (κ2) is 17.1. The van der Waals surface area contributed by atoms with Crippen LogP contribution in [0.25, 0.3) is 32.9 Å². The smallest absolute Gasteiger partial charge is 0.407 e. The summed E-state index contributed by atoms with van der Waals surface area (Å²) in [4.78, 5) is 64.5. The Morgan fingerprint density at radius 3 is 1.77 bits per heavy atom. The average Bonchev–Trinajstić information content (AvgIpc) is 3.91. The number of aromatic amines is 2. The number of benzene rings is 4. The lowest BCUT2D eigenvalue weighted by Crippen LogP contribution is -2.56. The number of hydrogen-bond acceptors (Lipinski definition) is 6. The van der Waals surface area contributed by atoms with Crippen LogP contribution in [0, 0.1) is 0 Å². The van der Waals surface area contributed by atoms with Gasteiger partial charge in [-0.15, -0.1) is 0 Å². The fourth-order valence-electron chi connectivity index (χ4n) is 7.55. The maximum atomic E-state index is 14.2. The maximum Gasteiger partial charge on any atom is 0.407 e. The van der Waals surface area contributed by atoms with Crippen molar-refractivity contribution in [1.82, 2.24) is 25.9 Å². The number of fused-ring (bicyclic) bond motifs is 5. The number of rotatable bonds is 16. The van der Waals surface area contributed by atoms with Gasteiger partial charge >= 0.3 is 12.1 Å². The van der Waals surface area contributed by atoms with Gasteiger partial charge in [-0.05, 0) is 58.4 Å². The Kier molecular flexibility index (Phi) is 11.5. The Labute approximate surface area is 328 Å². The number of nitrogens with one attached hydrogen (secondary N) is 5. The zero-order chi connectivity index (χ0) is 39.9. The van der Waals surface area contributed by atoms with Crippen LogP contribution in [0.1, 0.15) is 41.0 Å². The van der Waals surface area contributed by atoms with Gasteiger partial charge in [0.25, 0.3) is 0 Å². The topological polar surface area (TPSA) is 230 Å². The summed E-state index contributed by atoms with van der Waals surface area (Å²) in [5.74, 6) is -2.95. The molecular formula is C43H44N8O6. The molecule has 292 valence electrons. The van der Waals surface area contributed by atoms with E-state index in [0.717, 1.165) is 49.6 Å². The first-order valence-corrected chi connectivity index (χ1v) is 18.8. The molecule has 6 aromatic rings. The molecule has 0 fully saturated rings. The van der Waals surface area contributed by atoms with Gasteiger partial charge in [0.05, 0.1) is 0 Å². The number of aromatic nitrogens is 2. The highest BCUT2D eigenvalue weighted by Gasteiger charge is 2.32. The molecule has 0 saturated carbocycles. The van der Waals surface area contributed by atoms with Gasteiger partial charge in [-0.25, -0.2) is 9.59 Å². The third-order valence-electron chi connectivity index (χ3n) is 10.3. The fourth-order valence-corrected chi connectivity index (χ4v) is 7.55. The molecule has 0 radical (unpaired) electrons. The minimum atomic E-state index is -1.31. The zero-order valence-electron chi connectivity index (χ0n) is 31.0. The number of nitrogens with zero attached hydrogens (tertiary/aromatic N) is 1. The van der Waals surface area contributed by atoms with Crippen molar-refractivity contribution in [1.29, 1.82) is 0 Å². The lowest BCUT2D eigenvalue weighted by Gasteiger charge is -2.25. The van der Waals surface area contributed by atoms with E-state index in [-0.39, 0.29) is 50.7 Å². The van der Waals surface area contributed by atoms with Gasteiger partial charge in [-0.3, -0.25) is 14.6 Å². The molecule has 57 heavy (non-hydrogen) atoms. The molecule has 10 N–H and O–H groups in total. The number of nitrogens with two attached hydrogens (primary N) is 2. The number of alkyl carbamates (subject to hydrolysis) is 1. The molecular weight excluding hydrogens is 725 g/mol. The minimum Gasteiger partial charge on any atom is -0.480 e. The number of carbonyl (C=O) groups is 4. The number of carbonyl (C=O) groups excluding carboxylic acids is 3. The lowest BCUT2D eigenvalue weighted by molar-refractivity contribution is -0.142. The van der Waals surface area contributed by atoms with Crippen LogP contribution in [0.5, 0.6) is 0 Å². The molecule has 3 amide bonds. The van der Waals surface area contributed by atoms with Crippen molar-refractivity contribution in [3.8, 4) is 11.1 Å². The number of amides is 3. The minimum absolute atomic E-state index is 0.00766. The first-order valence-electron chi connectivity index (χ1n) is 18.8. The number of H-pyrrole nitrogens is 2. The Morgan fingerprint density at radius 1 is 0.684 bits per heavy atom. The molecule has 2 heterocycles. The van der Waals surface area contributed by atoms with E-state index in [4.69, 9.17) is 16.2 Å². The van der Waals surface area contributed by atoms with Crippen molar-refractivity contribution in [3.05, 3.63) is 132 Å². The molecule has 14 nitrogen and oxygen atoms in total. The third-order valence-corrected chi connectivity index (χ3v) is 10.3. The summed E-state index contributed by atoms with van der Waals surface area (Å²) >= 11 is 0. The van der Waals surface area contributed by atoms with Gasteiger partial charge in [0.15, 0.2) is 5.96 Å². The molecule has 1 aliphatic carbocycles. The normalized spacial score (nSPS) is 13.5. The fraction of sp³-hybridized carbons (Fsp3) is 0.233. The maximum absolute atomic E-state index is 14.2. The molecule has 4 aromatic carbocycles. The van der Waals surface area contributed by atoms with Gasteiger partial charge in [-0.1, -0.05) is 84.9 Å². The summed E-state index contributed by atoms with van der Waals surface area (Å²) in [5.41, 5.74) is 18.4. The van der Waals surface area contributed by atoms with Crippen molar-refractivity contribution < 1.29 is 29.0 Å². The molecule has 0 spiro atoms. The van der Waals surface area contributed by atoms with E-state index >= 15 is 0 Å². The number of para-hydroxylation sites is 2. The van der Waals surface area contributed by atoms with Crippen LogP contribution in [0.3, 0.4) is 0 Å². The molecule has 3 atom stereocenters. The van der Waals surface area contributed by atoms with Gasteiger partial charge < -0.3 is 47.2 Å². The second-order valence-electron chi connectivity index (χ2n) is 14.1. The predicted molar refractivity (Wildman–Crippen MR) is 217 cm³/mol. The lowest BCUT2D eigenvalue weighted by atomic mass is 9.98. The van der Waals surface area contributed by atoms with E-state index in [0.29, 0.717) is 5.56 Å². The quantitative estimate of drug-likeness (QED) is 0.0398. The van der Waals surface area contributed by atoms with Crippen molar-refractivity contribution in [2.45, 2.75) is 49.7 Å². The van der Waals surface area contributed by atoms with Gasteiger partial charge in [-0.2, -0.15) is 0 Å². The molecule has 0 aliphatic heterocycles. The number of carboxylic acid groups (broad SMARTS) is 1. The SMILES string of the molecule is NC(N)=NCCC[C@H](NC(=O)[C@H](Cc1c[nH]c2ccccc12)NC(=O)OCC1c2ccccc2-c2ccccc21)C(=O)N[C@@H](Cc1c[nH]c2ccccc12)C(=O)O. The number of carboxylic acids is 1. The van der Waals surface area contributed by atoms with Crippen LogP contribution >= 0.6 is 0 Å². The molecule has 2 aromatic heterocycles. The van der Waals surface area contributed by atoms with Crippen molar-refractivity contribution in [3.63, 3.8) is 0 Å². The Hall–Kier alpha value is -7.09. The van der Waals surface area contributed by atoms with Crippen LogP contribution in [-0.4, -0.2) is 76.2 Å². The van der Waals surface area contributed by atoms with Crippen LogP contribution in [0.15, 0.2) is 114 Å². The highest BCUT2D eigenvalue weighted by atomic mass is 16.5. The molecule has 7 rings (SSSR count). The zero-order valence-corrected chi connectivity index (χ0v) is 31.0. The predicted octanol–water partition coefficient (Wildman–Crippen LogP) is 4.45. The summed E-state index contributed by atoms with van der Waals surface area (Å²) in [6.45, 7) is 0.195. The molecule has 14 heteroatoms. The van der Waals surface area contributed by atoms with E-state index in [9.17, 15) is 24.3 Å². The van der Waals surface area contributed by atoms with Gasteiger partial charge in [0, 0.05) is 59.5 Å². The number of hydrogen-bond donors (Lipinski definition) is 8. The third kappa shape index (κ3) is 8.75. The Bertz CT molecular complexity index is 2400. The number of aliphatic carboxylic acids is 1. The van der Waals surface area contributed by atoms with Crippen LogP contribution < -0.4 is 27.4 Å². The van der Waals surface area contributed by atoms with Crippen LogP contribution in [0.4, 0.5) is 4.79 Å². The summed E-state index contributed by atoms with van der Waals surface area (Å²) < 4.78 is 5.82. The van der Waals surface area contributed by atoms with Crippen LogP contribution in [-0.2, 0) is 32.0 Å². The average molecular weight is 769 g/mol. The first kappa shape index (κ1) is 38.2. The van der Waals surface area contributed by atoms with E-state index in [1.807, 2.05) is 97.1 Å². The standard InChI is InChI=1S/C43H44N8O6/c44-42(45)46-19-9-18-36(39(52)50-38(41(54)55)21-26-23-48-35-17-8-6-11-28(26)35)49-40(53)37(20-25-22-47-34-16-7-5-10-27(25)34)51-43(56)57-24-33-31-14-3-1-12-29(31)30-13-2-4-15-32(30)33/h1-8,10-17,22-23,33,36-38,47-48H,9,18-21,24H2,(H,49,53)(H,50,52)(H,51,56)(H,54,55)(H4,44,45,46)/t36-,37-,38-/m0/s1. The van der Waals surface area contributed by atoms with Crippen LogP contribution in [0.2, 0.25) is 0 Å². The number of aliphatic imine (C=N–C) groups is 1. The first-order chi connectivity index (χ1) is 27.7. The van der Waals surface area contributed by atoms with Crippen molar-refractivity contribution >= 4 is 51.6 Å². The number of ether oxygens (including phenoxy) is 1. The number of guanidine groups is 1. The Morgan fingerprint density at radius 2 is 1.19 bits per heavy atom. The monoisotopic (exact) mass is 768 g/mol. The van der Waals surface area contributed by atoms with E-state index in [1.165, 1.54) is 0 Å². The van der Waals surface area contributed by atoms with Gasteiger partial charge in [0.1, 0.15) is 24.7 Å². The molecule has 0 saturated heterocycles. The molecule has 1 aliphatic rings. The summed E-state index contributed by atoms with van der Waals surface area (Å²) in [6, 6.07) is 27.3. The van der Waals surface area contributed by atoms with Crippen molar-refractivity contribution in [2.75, 3.05) is 13.2 Å². The van der Waals surface area contributed by atoms with E-state index < -0.39 is 42.0 Å².